The van der Waals surface area contributed by atoms with E-state index < -0.39 is 11.6 Å². The number of hydrogen-bond acceptors (Lipinski definition) is 3. The molecule has 4 nitrogen and oxygen atoms in total. The van der Waals surface area contributed by atoms with Gasteiger partial charge in [0.15, 0.2) is 0 Å². The summed E-state index contributed by atoms with van der Waals surface area (Å²) in [5, 5.41) is 10.1. The van der Waals surface area contributed by atoms with E-state index in [0.29, 0.717) is 21.4 Å². The van der Waals surface area contributed by atoms with E-state index in [1.165, 1.54) is 12.1 Å². The number of carboxylic acids is 1. The summed E-state index contributed by atoms with van der Waals surface area (Å²) in [5.41, 5.74) is -0.00997. The van der Waals surface area contributed by atoms with Crippen molar-refractivity contribution in [3.8, 4) is 0 Å². The monoisotopic (exact) mass is 238 g/mol. The molecule has 0 amide bonds. The molecule has 0 atom stereocenters. The van der Waals surface area contributed by atoms with Gasteiger partial charge in [-0.1, -0.05) is 11.6 Å². The average Bonchev–Trinajstić information content (AvgIpc) is 2.23. The minimum atomic E-state index is -1.28. The number of hydrogen-bond donors (Lipinski definition) is 1. The number of aryl methyl sites for hydroxylation is 1. The van der Waals surface area contributed by atoms with Crippen LogP contribution < -0.4 is 5.63 Å². The Morgan fingerprint density at radius 2 is 2.06 bits per heavy atom. The number of rotatable bonds is 1. The first-order chi connectivity index (χ1) is 7.50. The van der Waals surface area contributed by atoms with Crippen molar-refractivity contribution in [1.82, 2.24) is 0 Å². The Morgan fingerprint density at radius 1 is 1.38 bits per heavy atom. The zero-order chi connectivity index (χ0) is 11.9. The highest BCUT2D eigenvalue weighted by Gasteiger charge is 2.12. The standard InChI is InChI=1S/C11H7ClO4/c1-5-7-4-9(10(13)14)16-11(15)6(7)2-3-8(5)12/h2-4H,1H3,(H,13,14). The first-order valence-electron chi connectivity index (χ1n) is 4.47. The molecule has 1 N–H and O–H groups in total. The highest BCUT2D eigenvalue weighted by atomic mass is 35.5. The zero-order valence-electron chi connectivity index (χ0n) is 8.28. The van der Waals surface area contributed by atoms with Crippen molar-refractivity contribution in [1.29, 1.82) is 0 Å². The fourth-order valence-electron chi connectivity index (χ4n) is 1.49. The number of halogens is 1. The van der Waals surface area contributed by atoms with Gasteiger partial charge in [0.2, 0.25) is 5.76 Å². The molecule has 16 heavy (non-hydrogen) atoms. The number of benzene rings is 1. The lowest BCUT2D eigenvalue weighted by molar-refractivity contribution is 0.0658. The summed E-state index contributed by atoms with van der Waals surface area (Å²) in [5.74, 6) is -1.67. The fraction of sp³-hybridized carbons (Fsp3) is 0.0909. The van der Waals surface area contributed by atoms with Crippen LogP contribution in [0.2, 0.25) is 5.02 Å². The van der Waals surface area contributed by atoms with E-state index >= 15 is 0 Å². The van der Waals surface area contributed by atoms with Gasteiger partial charge in [-0.3, -0.25) is 0 Å². The molecule has 2 aromatic rings. The molecule has 0 unspecified atom stereocenters. The lowest BCUT2D eigenvalue weighted by Crippen LogP contribution is -2.06. The van der Waals surface area contributed by atoms with Crippen molar-refractivity contribution in [2.24, 2.45) is 0 Å². The maximum atomic E-state index is 11.5. The minimum Gasteiger partial charge on any atom is -0.475 e. The Kier molecular flexibility index (Phi) is 2.44. The number of fused-ring (bicyclic) bond motifs is 1. The molecule has 0 fully saturated rings. The third-order valence-electron chi connectivity index (χ3n) is 2.36. The molecule has 1 aromatic carbocycles. The quantitative estimate of drug-likeness (QED) is 0.829. The van der Waals surface area contributed by atoms with Gasteiger partial charge in [0.1, 0.15) is 0 Å². The predicted molar refractivity (Wildman–Crippen MR) is 59.2 cm³/mol. The molecule has 0 saturated carbocycles. The first kappa shape index (κ1) is 10.7. The van der Waals surface area contributed by atoms with Gasteiger partial charge in [-0.2, -0.15) is 0 Å². The van der Waals surface area contributed by atoms with Crippen LogP contribution in [-0.4, -0.2) is 11.1 Å². The smallest absolute Gasteiger partial charge is 0.371 e. The van der Waals surface area contributed by atoms with Crippen LogP contribution in [0.25, 0.3) is 10.8 Å². The van der Waals surface area contributed by atoms with Gasteiger partial charge in [-0.15, -0.1) is 0 Å². The van der Waals surface area contributed by atoms with Gasteiger partial charge in [0.05, 0.1) is 5.39 Å². The molecule has 0 spiro atoms. The van der Waals surface area contributed by atoms with E-state index in [4.69, 9.17) is 16.7 Å². The molecule has 0 aliphatic carbocycles. The summed E-state index contributed by atoms with van der Waals surface area (Å²) in [6.45, 7) is 1.72. The lowest BCUT2D eigenvalue weighted by Gasteiger charge is -2.03. The Bertz CT molecular complexity index is 642. The molecule has 1 aromatic heterocycles. The van der Waals surface area contributed by atoms with Gasteiger partial charge < -0.3 is 9.52 Å². The second-order valence-corrected chi connectivity index (χ2v) is 3.74. The van der Waals surface area contributed by atoms with Crippen molar-refractivity contribution in [3.63, 3.8) is 0 Å². The molecule has 82 valence electrons. The van der Waals surface area contributed by atoms with Crippen molar-refractivity contribution in [3.05, 3.63) is 45.0 Å². The molecule has 0 aliphatic rings. The van der Waals surface area contributed by atoms with Gasteiger partial charge in [0, 0.05) is 5.02 Å². The van der Waals surface area contributed by atoms with Crippen LogP contribution in [0, 0.1) is 6.92 Å². The van der Waals surface area contributed by atoms with E-state index in [-0.39, 0.29) is 5.76 Å². The van der Waals surface area contributed by atoms with E-state index in [1.807, 2.05) is 0 Å². The summed E-state index contributed by atoms with van der Waals surface area (Å²) in [6.07, 6.45) is 0. The van der Waals surface area contributed by atoms with E-state index in [1.54, 1.807) is 13.0 Å². The molecule has 0 radical (unpaired) electrons. The van der Waals surface area contributed by atoms with Gasteiger partial charge in [-0.25, -0.2) is 9.59 Å². The minimum absolute atomic E-state index is 0.326. The van der Waals surface area contributed by atoms with Crippen molar-refractivity contribution < 1.29 is 14.3 Å². The summed E-state index contributed by atoms with van der Waals surface area (Å²) < 4.78 is 4.65. The van der Waals surface area contributed by atoms with Crippen LogP contribution in [0.4, 0.5) is 0 Å². The second kappa shape index (κ2) is 3.64. The molecule has 5 heteroatoms. The summed E-state index contributed by atoms with van der Waals surface area (Å²) >= 11 is 5.89. The predicted octanol–water partition coefficient (Wildman–Crippen LogP) is 2.45. The summed E-state index contributed by atoms with van der Waals surface area (Å²) in [7, 11) is 0. The Balaban J connectivity index is 2.94. The largest absolute Gasteiger partial charge is 0.475 e. The second-order valence-electron chi connectivity index (χ2n) is 3.34. The van der Waals surface area contributed by atoms with Gasteiger partial charge in [0.25, 0.3) is 0 Å². The van der Waals surface area contributed by atoms with E-state index in [9.17, 15) is 9.59 Å². The van der Waals surface area contributed by atoms with Crippen LogP contribution >= 0.6 is 11.6 Å². The highest BCUT2D eigenvalue weighted by Crippen LogP contribution is 2.24. The zero-order valence-corrected chi connectivity index (χ0v) is 9.04. The number of carboxylic acid groups (broad SMARTS) is 1. The molecule has 1 heterocycles. The summed E-state index contributed by atoms with van der Waals surface area (Å²) in [4.78, 5) is 22.2. The maximum absolute atomic E-state index is 11.5. The molecule has 2 rings (SSSR count). The average molecular weight is 239 g/mol. The van der Waals surface area contributed by atoms with E-state index in [2.05, 4.69) is 4.42 Å². The highest BCUT2D eigenvalue weighted by molar-refractivity contribution is 6.32. The van der Waals surface area contributed by atoms with Crippen LogP contribution in [0.5, 0.6) is 0 Å². The lowest BCUT2D eigenvalue weighted by atomic mass is 10.1. The molecule has 0 aliphatic heterocycles. The number of aromatic carboxylic acids is 1. The Hall–Kier alpha value is -1.81. The Morgan fingerprint density at radius 3 is 2.69 bits per heavy atom. The molecular weight excluding hydrogens is 232 g/mol. The van der Waals surface area contributed by atoms with E-state index in [0.717, 1.165) is 0 Å². The normalized spacial score (nSPS) is 10.6. The van der Waals surface area contributed by atoms with Crippen LogP contribution in [-0.2, 0) is 0 Å². The first-order valence-corrected chi connectivity index (χ1v) is 4.85. The third kappa shape index (κ3) is 1.57. The molecule has 0 saturated heterocycles. The molecule has 0 bridgehead atoms. The number of carbonyl (C=O) groups is 1. The fourth-order valence-corrected chi connectivity index (χ4v) is 1.65. The third-order valence-corrected chi connectivity index (χ3v) is 2.77. The van der Waals surface area contributed by atoms with Crippen molar-refractivity contribution >= 4 is 28.3 Å². The van der Waals surface area contributed by atoms with Crippen LogP contribution in [0.1, 0.15) is 16.1 Å². The summed E-state index contributed by atoms with van der Waals surface area (Å²) in [6, 6.07) is 4.40. The topological polar surface area (TPSA) is 67.5 Å². The maximum Gasteiger partial charge on any atom is 0.371 e. The van der Waals surface area contributed by atoms with Gasteiger partial charge >= 0.3 is 11.6 Å². The van der Waals surface area contributed by atoms with Gasteiger partial charge in [-0.05, 0) is 36.1 Å². The molecular formula is C11H7ClO4. The van der Waals surface area contributed by atoms with Crippen LogP contribution in [0.3, 0.4) is 0 Å². The SMILES string of the molecule is Cc1c(Cl)ccc2c(=O)oc(C(=O)O)cc12. The van der Waals surface area contributed by atoms with Crippen molar-refractivity contribution in [2.45, 2.75) is 6.92 Å². The Labute approximate surface area is 95.1 Å². The van der Waals surface area contributed by atoms with Crippen molar-refractivity contribution in [2.75, 3.05) is 0 Å². The van der Waals surface area contributed by atoms with Crippen LogP contribution in [0.15, 0.2) is 27.4 Å².